The normalized spacial score (nSPS) is 16.6. The van der Waals surface area contributed by atoms with E-state index in [0.717, 1.165) is 18.8 Å². The van der Waals surface area contributed by atoms with Crippen LogP contribution in [-0.4, -0.2) is 46.8 Å². The summed E-state index contributed by atoms with van der Waals surface area (Å²) in [6.07, 6.45) is 0. The molecule has 1 amide bonds. The summed E-state index contributed by atoms with van der Waals surface area (Å²) < 4.78 is 1.64. The Morgan fingerprint density at radius 3 is 2.56 bits per heavy atom. The molecule has 0 saturated carbocycles. The predicted octanol–water partition coefficient (Wildman–Crippen LogP) is 0.427. The topological polar surface area (TPSA) is 50.2 Å². The molecule has 0 atom stereocenters. The highest BCUT2D eigenvalue weighted by molar-refractivity contribution is 6.34. The van der Waals surface area contributed by atoms with Crippen LogP contribution in [0, 0.1) is 6.92 Å². The molecule has 1 aliphatic rings. The van der Waals surface area contributed by atoms with Gasteiger partial charge in [0.25, 0.3) is 5.91 Å². The van der Waals surface area contributed by atoms with Gasteiger partial charge in [-0.25, -0.2) is 0 Å². The van der Waals surface area contributed by atoms with Gasteiger partial charge < -0.3 is 10.2 Å². The molecule has 1 N–H and O–H groups in total. The number of carbonyl (C=O) groups excluding carboxylic acids is 1. The standard InChI is InChI=1S/C10H15ClN4O/c1-7-8(11)9(13-14(7)2)10(16)15-5-3-12-4-6-15/h12H,3-6H2,1-2H3. The van der Waals surface area contributed by atoms with Crippen molar-refractivity contribution in [3.63, 3.8) is 0 Å². The number of amides is 1. The Morgan fingerprint density at radius 2 is 2.06 bits per heavy atom. The number of hydrogen-bond acceptors (Lipinski definition) is 3. The quantitative estimate of drug-likeness (QED) is 0.777. The summed E-state index contributed by atoms with van der Waals surface area (Å²) in [4.78, 5) is 13.9. The van der Waals surface area contributed by atoms with Gasteiger partial charge in [0.05, 0.1) is 10.7 Å². The molecule has 88 valence electrons. The lowest BCUT2D eigenvalue weighted by Crippen LogP contribution is -2.46. The third kappa shape index (κ3) is 1.92. The van der Waals surface area contributed by atoms with Crippen molar-refractivity contribution < 1.29 is 4.79 Å². The summed E-state index contributed by atoms with van der Waals surface area (Å²) in [5.74, 6) is -0.0739. The SMILES string of the molecule is Cc1c(Cl)c(C(=O)N2CCNCC2)nn1C. The smallest absolute Gasteiger partial charge is 0.276 e. The van der Waals surface area contributed by atoms with E-state index in [9.17, 15) is 4.79 Å². The minimum Gasteiger partial charge on any atom is -0.335 e. The Kier molecular flexibility index (Phi) is 3.16. The highest BCUT2D eigenvalue weighted by Crippen LogP contribution is 2.20. The van der Waals surface area contributed by atoms with Crippen molar-refractivity contribution in [3.05, 3.63) is 16.4 Å². The van der Waals surface area contributed by atoms with Gasteiger partial charge in [-0.2, -0.15) is 5.10 Å². The molecule has 1 aromatic rings. The largest absolute Gasteiger partial charge is 0.335 e. The molecule has 0 aliphatic carbocycles. The molecular formula is C10H15ClN4O. The van der Waals surface area contributed by atoms with Crippen LogP contribution < -0.4 is 5.32 Å². The van der Waals surface area contributed by atoms with E-state index in [1.54, 1.807) is 16.6 Å². The lowest BCUT2D eigenvalue weighted by molar-refractivity contribution is 0.0729. The predicted molar refractivity (Wildman–Crippen MR) is 61.7 cm³/mol. The number of aryl methyl sites for hydroxylation is 1. The lowest BCUT2D eigenvalue weighted by atomic mass is 10.3. The van der Waals surface area contributed by atoms with E-state index in [4.69, 9.17) is 11.6 Å². The van der Waals surface area contributed by atoms with E-state index in [0.29, 0.717) is 23.8 Å². The highest BCUT2D eigenvalue weighted by atomic mass is 35.5. The zero-order chi connectivity index (χ0) is 11.7. The van der Waals surface area contributed by atoms with Gasteiger partial charge in [0.15, 0.2) is 5.69 Å². The number of nitrogens with one attached hydrogen (secondary N) is 1. The zero-order valence-corrected chi connectivity index (χ0v) is 10.2. The zero-order valence-electron chi connectivity index (χ0n) is 9.46. The Labute approximate surface area is 99.4 Å². The van der Waals surface area contributed by atoms with Crippen molar-refractivity contribution in [1.29, 1.82) is 0 Å². The van der Waals surface area contributed by atoms with Gasteiger partial charge in [0.1, 0.15) is 0 Å². The number of nitrogens with zero attached hydrogens (tertiary/aromatic N) is 3. The van der Waals surface area contributed by atoms with Crippen LogP contribution in [-0.2, 0) is 7.05 Å². The molecule has 6 heteroatoms. The van der Waals surface area contributed by atoms with Gasteiger partial charge in [0.2, 0.25) is 0 Å². The van der Waals surface area contributed by atoms with Crippen molar-refractivity contribution in [1.82, 2.24) is 20.0 Å². The monoisotopic (exact) mass is 242 g/mol. The summed E-state index contributed by atoms with van der Waals surface area (Å²) in [5, 5.41) is 7.82. The van der Waals surface area contributed by atoms with Crippen LogP contribution in [0.25, 0.3) is 0 Å². The molecule has 0 aromatic carbocycles. The number of hydrogen-bond donors (Lipinski definition) is 1. The second-order valence-corrected chi connectivity index (χ2v) is 4.29. The van der Waals surface area contributed by atoms with Gasteiger partial charge in [-0.3, -0.25) is 9.48 Å². The summed E-state index contributed by atoms with van der Waals surface area (Å²) in [6.45, 7) is 4.93. The first kappa shape index (κ1) is 11.4. The van der Waals surface area contributed by atoms with E-state index in [1.165, 1.54) is 0 Å². The second-order valence-electron chi connectivity index (χ2n) is 3.91. The van der Waals surface area contributed by atoms with Crippen molar-refractivity contribution in [2.45, 2.75) is 6.92 Å². The number of carbonyl (C=O) groups is 1. The average molecular weight is 243 g/mol. The molecule has 1 saturated heterocycles. The molecule has 2 heterocycles. The molecule has 1 fully saturated rings. The second kappa shape index (κ2) is 4.43. The maximum absolute atomic E-state index is 12.1. The maximum Gasteiger partial charge on any atom is 0.276 e. The van der Waals surface area contributed by atoms with Crippen LogP contribution >= 0.6 is 11.6 Å². The third-order valence-corrected chi connectivity index (χ3v) is 3.32. The molecular weight excluding hydrogens is 228 g/mol. The van der Waals surface area contributed by atoms with E-state index in [-0.39, 0.29) is 5.91 Å². The third-order valence-electron chi connectivity index (χ3n) is 2.87. The Hall–Kier alpha value is -1.07. The number of halogens is 1. The molecule has 1 aromatic heterocycles. The van der Waals surface area contributed by atoms with Gasteiger partial charge in [-0.1, -0.05) is 11.6 Å². The van der Waals surface area contributed by atoms with Gasteiger partial charge in [-0.15, -0.1) is 0 Å². The Bertz CT molecular complexity index is 409. The summed E-state index contributed by atoms with van der Waals surface area (Å²) in [5.41, 5.74) is 1.18. The van der Waals surface area contributed by atoms with Gasteiger partial charge in [0, 0.05) is 33.2 Å². The van der Waals surface area contributed by atoms with Crippen molar-refractivity contribution in [2.75, 3.05) is 26.2 Å². The minimum absolute atomic E-state index is 0.0739. The van der Waals surface area contributed by atoms with Crippen LogP contribution in [0.3, 0.4) is 0 Å². The Balaban J connectivity index is 2.22. The fourth-order valence-corrected chi connectivity index (χ4v) is 1.98. The molecule has 1 aliphatic heterocycles. The average Bonchev–Trinajstić information content (AvgIpc) is 2.57. The van der Waals surface area contributed by atoms with E-state index >= 15 is 0 Å². The van der Waals surface area contributed by atoms with Crippen LogP contribution in [0.5, 0.6) is 0 Å². The molecule has 0 radical (unpaired) electrons. The number of piperazine rings is 1. The first-order valence-corrected chi connectivity index (χ1v) is 5.68. The molecule has 0 unspecified atom stereocenters. The van der Waals surface area contributed by atoms with Crippen LogP contribution in [0.1, 0.15) is 16.2 Å². The van der Waals surface area contributed by atoms with Crippen molar-refractivity contribution in [2.24, 2.45) is 7.05 Å². The Morgan fingerprint density at radius 1 is 1.44 bits per heavy atom. The van der Waals surface area contributed by atoms with Crippen molar-refractivity contribution >= 4 is 17.5 Å². The van der Waals surface area contributed by atoms with Crippen LogP contribution in [0.15, 0.2) is 0 Å². The first-order chi connectivity index (χ1) is 7.61. The van der Waals surface area contributed by atoms with E-state index < -0.39 is 0 Å². The van der Waals surface area contributed by atoms with Crippen molar-refractivity contribution in [3.8, 4) is 0 Å². The fraction of sp³-hybridized carbons (Fsp3) is 0.600. The highest BCUT2D eigenvalue weighted by Gasteiger charge is 2.24. The molecule has 0 bridgehead atoms. The molecule has 5 nitrogen and oxygen atoms in total. The summed E-state index contributed by atoms with van der Waals surface area (Å²) in [7, 11) is 1.79. The van der Waals surface area contributed by atoms with Crippen LogP contribution in [0.4, 0.5) is 0 Å². The number of aromatic nitrogens is 2. The van der Waals surface area contributed by atoms with Gasteiger partial charge >= 0.3 is 0 Å². The molecule has 2 rings (SSSR count). The summed E-state index contributed by atoms with van der Waals surface area (Å²) >= 11 is 6.08. The lowest BCUT2D eigenvalue weighted by Gasteiger charge is -2.26. The fourth-order valence-electron chi connectivity index (χ4n) is 1.74. The summed E-state index contributed by atoms with van der Waals surface area (Å²) in [6, 6.07) is 0. The molecule has 16 heavy (non-hydrogen) atoms. The first-order valence-electron chi connectivity index (χ1n) is 5.30. The van der Waals surface area contributed by atoms with Gasteiger partial charge in [-0.05, 0) is 6.92 Å². The number of rotatable bonds is 1. The van der Waals surface area contributed by atoms with E-state index in [2.05, 4.69) is 10.4 Å². The van der Waals surface area contributed by atoms with Crippen LogP contribution in [0.2, 0.25) is 5.02 Å². The minimum atomic E-state index is -0.0739. The molecule has 0 spiro atoms. The maximum atomic E-state index is 12.1. The van der Waals surface area contributed by atoms with E-state index in [1.807, 2.05) is 6.92 Å².